The molecule has 2 aromatic heterocycles. The Balaban J connectivity index is 1.91. The minimum Gasteiger partial charge on any atom is -0.495 e. The van der Waals surface area contributed by atoms with Crippen LogP contribution in [-0.2, 0) is 6.54 Å². The van der Waals surface area contributed by atoms with Crippen LogP contribution in [0.3, 0.4) is 0 Å². The maximum absolute atomic E-state index is 11.5. The molecular weight excluding hydrogens is 326 g/mol. The molecule has 128 valence electrons. The Bertz CT molecular complexity index is 867. The molecule has 0 saturated carbocycles. The lowest BCUT2D eigenvalue weighted by Crippen LogP contribution is -2.08. The number of anilines is 3. The number of nitrogens with one attached hydrogen (secondary N) is 2. The smallest absolute Gasteiger partial charge is 0.353 e. The molecule has 3 aromatic rings. The highest BCUT2D eigenvalue weighted by molar-refractivity contribution is 5.75. The van der Waals surface area contributed by atoms with Gasteiger partial charge in [-0.1, -0.05) is 12.1 Å². The lowest BCUT2D eigenvalue weighted by molar-refractivity contribution is -0.383. The number of hydrogen-bond donors (Lipinski definition) is 2. The molecule has 3 rings (SSSR count). The lowest BCUT2D eigenvalue weighted by atomic mass is 10.3. The van der Waals surface area contributed by atoms with E-state index in [0.717, 1.165) is 0 Å². The van der Waals surface area contributed by atoms with Crippen molar-refractivity contribution < 1.29 is 14.1 Å². The van der Waals surface area contributed by atoms with Gasteiger partial charge in [0, 0.05) is 0 Å². The van der Waals surface area contributed by atoms with Crippen LogP contribution in [0.5, 0.6) is 5.75 Å². The summed E-state index contributed by atoms with van der Waals surface area (Å²) >= 11 is 0. The number of benzene rings is 1. The molecule has 25 heavy (non-hydrogen) atoms. The third-order valence-corrected chi connectivity index (χ3v) is 3.38. The predicted molar refractivity (Wildman–Crippen MR) is 91.0 cm³/mol. The van der Waals surface area contributed by atoms with Gasteiger partial charge in [0.15, 0.2) is 0 Å². The highest BCUT2D eigenvalue weighted by Gasteiger charge is 2.23. The van der Waals surface area contributed by atoms with Crippen LogP contribution in [0.4, 0.5) is 23.0 Å². The largest absolute Gasteiger partial charge is 0.495 e. The van der Waals surface area contributed by atoms with Crippen LogP contribution in [0.1, 0.15) is 5.76 Å². The third-order valence-electron chi connectivity index (χ3n) is 3.38. The second-order valence-electron chi connectivity index (χ2n) is 4.93. The number of furan rings is 1. The number of nitro groups is 1. The first-order valence-electron chi connectivity index (χ1n) is 7.34. The highest BCUT2D eigenvalue weighted by Crippen LogP contribution is 2.34. The Morgan fingerprint density at radius 1 is 1.20 bits per heavy atom. The Hall–Kier alpha value is -3.62. The zero-order chi connectivity index (χ0) is 17.6. The summed E-state index contributed by atoms with van der Waals surface area (Å²) in [4.78, 5) is 19.0. The Morgan fingerprint density at radius 2 is 2.00 bits per heavy atom. The molecule has 0 fully saturated rings. The van der Waals surface area contributed by atoms with Gasteiger partial charge >= 0.3 is 5.69 Å². The Labute approximate surface area is 142 Å². The first-order chi connectivity index (χ1) is 12.2. The molecule has 0 radical (unpaired) electrons. The van der Waals surface area contributed by atoms with Crippen molar-refractivity contribution >= 4 is 23.0 Å². The molecule has 0 unspecified atom stereocenters. The summed E-state index contributed by atoms with van der Waals surface area (Å²) in [6, 6.07) is 10.6. The van der Waals surface area contributed by atoms with Gasteiger partial charge in [0.25, 0.3) is 0 Å². The minimum atomic E-state index is -0.539. The van der Waals surface area contributed by atoms with Crippen LogP contribution < -0.4 is 15.4 Å². The quantitative estimate of drug-likeness (QED) is 0.496. The van der Waals surface area contributed by atoms with E-state index >= 15 is 0 Å². The van der Waals surface area contributed by atoms with Crippen molar-refractivity contribution in [3.63, 3.8) is 0 Å². The molecule has 0 amide bonds. The van der Waals surface area contributed by atoms with Crippen molar-refractivity contribution in [1.82, 2.24) is 9.97 Å². The number of ether oxygens (including phenoxy) is 1. The Kier molecular flexibility index (Phi) is 4.74. The molecule has 0 bridgehead atoms. The highest BCUT2D eigenvalue weighted by atomic mass is 16.6. The van der Waals surface area contributed by atoms with E-state index < -0.39 is 4.92 Å². The van der Waals surface area contributed by atoms with Gasteiger partial charge in [-0.25, -0.2) is 9.97 Å². The fourth-order valence-electron chi connectivity index (χ4n) is 2.23. The maximum atomic E-state index is 11.5. The van der Waals surface area contributed by atoms with Crippen LogP contribution in [-0.4, -0.2) is 22.0 Å². The van der Waals surface area contributed by atoms with E-state index in [1.807, 2.05) is 0 Å². The molecule has 0 atom stereocenters. The summed E-state index contributed by atoms with van der Waals surface area (Å²) in [7, 11) is 1.52. The second kappa shape index (κ2) is 7.30. The van der Waals surface area contributed by atoms with Gasteiger partial charge < -0.3 is 19.8 Å². The van der Waals surface area contributed by atoms with Crippen molar-refractivity contribution in [2.45, 2.75) is 6.54 Å². The molecule has 0 aliphatic rings. The van der Waals surface area contributed by atoms with Gasteiger partial charge in [-0.2, -0.15) is 0 Å². The van der Waals surface area contributed by atoms with Crippen LogP contribution >= 0.6 is 0 Å². The number of aromatic nitrogens is 2. The summed E-state index contributed by atoms with van der Waals surface area (Å²) in [5.41, 5.74) is 0.295. The maximum Gasteiger partial charge on any atom is 0.353 e. The molecular formula is C16H15N5O4. The zero-order valence-electron chi connectivity index (χ0n) is 13.3. The topological polar surface area (TPSA) is 115 Å². The lowest BCUT2D eigenvalue weighted by Gasteiger charge is -2.11. The first-order valence-corrected chi connectivity index (χ1v) is 7.34. The summed E-state index contributed by atoms with van der Waals surface area (Å²) < 4.78 is 10.4. The average Bonchev–Trinajstić information content (AvgIpc) is 3.14. The standard InChI is InChI=1S/C16H15N5O4/c1-24-13-7-3-2-6-12(13)20-16-14(21(22)23)15(18-10-19-16)17-9-11-5-4-8-25-11/h2-8,10H,9H2,1H3,(H2,17,18,19,20). The number of methoxy groups -OCH3 is 1. The number of rotatable bonds is 7. The van der Waals surface area contributed by atoms with Crippen LogP contribution in [0, 0.1) is 10.1 Å². The van der Waals surface area contributed by atoms with Gasteiger partial charge in [-0.05, 0) is 24.3 Å². The van der Waals surface area contributed by atoms with Gasteiger partial charge in [-0.15, -0.1) is 0 Å². The van der Waals surface area contributed by atoms with Crippen molar-refractivity contribution in [1.29, 1.82) is 0 Å². The monoisotopic (exact) mass is 341 g/mol. The van der Waals surface area contributed by atoms with E-state index in [0.29, 0.717) is 17.2 Å². The molecule has 0 spiro atoms. The van der Waals surface area contributed by atoms with E-state index in [2.05, 4.69) is 20.6 Å². The number of nitrogens with zero attached hydrogens (tertiary/aromatic N) is 3. The van der Waals surface area contributed by atoms with E-state index in [1.54, 1.807) is 36.4 Å². The molecule has 0 aliphatic heterocycles. The van der Waals surface area contributed by atoms with Crippen molar-refractivity contribution in [2.24, 2.45) is 0 Å². The van der Waals surface area contributed by atoms with E-state index in [9.17, 15) is 10.1 Å². The molecule has 2 N–H and O–H groups in total. The van der Waals surface area contributed by atoms with Gasteiger partial charge in [-0.3, -0.25) is 10.1 Å². The summed E-state index contributed by atoms with van der Waals surface area (Å²) in [6.07, 6.45) is 2.77. The Morgan fingerprint density at radius 3 is 2.72 bits per heavy atom. The first kappa shape index (κ1) is 16.2. The van der Waals surface area contributed by atoms with E-state index in [-0.39, 0.29) is 23.9 Å². The fourth-order valence-corrected chi connectivity index (χ4v) is 2.23. The van der Waals surface area contributed by atoms with Gasteiger partial charge in [0.1, 0.15) is 17.8 Å². The molecule has 9 heteroatoms. The van der Waals surface area contributed by atoms with Crippen LogP contribution in [0.25, 0.3) is 0 Å². The second-order valence-corrected chi connectivity index (χ2v) is 4.93. The minimum absolute atomic E-state index is 0.0615. The molecule has 0 aliphatic carbocycles. The number of hydrogen-bond acceptors (Lipinski definition) is 8. The average molecular weight is 341 g/mol. The summed E-state index contributed by atoms with van der Waals surface area (Å²) in [5.74, 6) is 1.33. The molecule has 1 aromatic carbocycles. The van der Waals surface area contributed by atoms with Crippen LogP contribution in [0.2, 0.25) is 0 Å². The number of para-hydroxylation sites is 2. The fraction of sp³-hybridized carbons (Fsp3) is 0.125. The molecule has 2 heterocycles. The zero-order valence-corrected chi connectivity index (χ0v) is 13.3. The van der Waals surface area contributed by atoms with Crippen LogP contribution in [0.15, 0.2) is 53.4 Å². The van der Waals surface area contributed by atoms with Gasteiger partial charge in [0.2, 0.25) is 11.6 Å². The molecule has 9 nitrogen and oxygen atoms in total. The molecule has 0 saturated heterocycles. The van der Waals surface area contributed by atoms with Crippen molar-refractivity contribution in [3.05, 3.63) is 64.9 Å². The summed E-state index contributed by atoms with van der Waals surface area (Å²) in [6.45, 7) is 0.263. The van der Waals surface area contributed by atoms with Crippen molar-refractivity contribution in [2.75, 3.05) is 17.7 Å². The van der Waals surface area contributed by atoms with E-state index in [1.165, 1.54) is 19.7 Å². The van der Waals surface area contributed by atoms with E-state index in [4.69, 9.17) is 9.15 Å². The van der Waals surface area contributed by atoms with Crippen molar-refractivity contribution in [3.8, 4) is 5.75 Å². The van der Waals surface area contributed by atoms with Gasteiger partial charge in [0.05, 0.1) is 30.5 Å². The third kappa shape index (κ3) is 3.66. The normalized spacial score (nSPS) is 10.3. The summed E-state index contributed by atoms with van der Waals surface area (Å²) in [5, 5.41) is 17.4. The predicted octanol–water partition coefficient (Wildman–Crippen LogP) is 3.34. The SMILES string of the molecule is COc1ccccc1Nc1ncnc(NCc2ccco2)c1[N+](=O)[O-].